The number of nitrogens with one attached hydrogen (secondary N) is 1. The van der Waals surface area contributed by atoms with Gasteiger partial charge >= 0.3 is 5.97 Å². The van der Waals surface area contributed by atoms with Crippen LogP contribution >= 0.6 is 11.6 Å². The number of rotatable bonds is 6. The maximum Gasteiger partial charge on any atom is 0.341 e. The lowest BCUT2D eigenvalue weighted by atomic mass is 10.2. The standard InChI is InChI=1S/C17H14ClFN2O6/c1-9(27-17(23)12-7-10(18)3-5-13(12)19)16(22)20-14-8-11(21(24)25)4-6-15(14)26-2/h3-9H,1-2H3,(H,20,22)/t9-/m0/s1. The lowest BCUT2D eigenvalue weighted by Crippen LogP contribution is -2.30. The van der Waals surface area contributed by atoms with Crippen LogP contribution in [0.15, 0.2) is 36.4 Å². The summed E-state index contributed by atoms with van der Waals surface area (Å²) in [4.78, 5) is 34.5. The molecule has 27 heavy (non-hydrogen) atoms. The highest BCUT2D eigenvalue weighted by molar-refractivity contribution is 6.30. The first-order valence-electron chi connectivity index (χ1n) is 7.52. The summed E-state index contributed by atoms with van der Waals surface area (Å²) in [5.74, 6) is -2.54. The van der Waals surface area contributed by atoms with Gasteiger partial charge in [0.1, 0.15) is 11.6 Å². The Balaban J connectivity index is 2.14. The number of non-ortho nitro benzene ring substituents is 1. The van der Waals surface area contributed by atoms with Gasteiger partial charge in [-0.15, -0.1) is 0 Å². The lowest BCUT2D eigenvalue weighted by molar-refractivity contribution is -0.384. The highest BCUT2D eigenvalue weighted by Crippen LogP contribution is 2.29. The van der Waals surface area contributed by atoms with E-state index >= 15 is 0 Å². The van der Waals surface area contributed by atoms with Crippen molar-refractivity contribution < 1.29 is 28.4 Å². The summed E-state index contributed by atoms with van der Waals surface area (Å²) in [6.07, 6.45) is -1.32. The van der Waals surface area contributed by atoms with Crippen LogP contribution in [0, 0.1) is 15.9 Å². The van der Waals surface area contributed by atoms with Crippen LogP contribution in [0.1, 0.15) is 17.3 Å². The van der Waals surface area contributed by atoms with Gasteiger partial charge in [-0.25, -0.2) is 9.18 Å². The number of benzene rings is 2. The van der Waals surface area contributed by atoms with E-state index in [1.54, 1.807) is 0 Å². The van der Waals surface area contributed by atoms with Crippen molar-refractivity contribution >= 4 is 34.9 Å². The molecule has 0 radical (unpaired) electrons. The maximum atomic E-state index is 13.7. The average molecular weight is 397 g/mol. The number of hydrogen-bond acceptors (Lipinski definition) is 6. The van der Waals surface area contributed by atoms with E-state index in [1.165, 1.54) is 32.2 Å². The molecule has 0 fully saturated rings. The van der Waals surface area contributed by atoms with Crippen molar-refractivity contribution in [2.75, 3.05) is 12.4 Å². The van der Waals surface area contributed by atoms with Crippen LogP contribution in [0.25, 0.3) is 0 Å². The van der Waals surface area contributed by atoms with Gasteiger partial charge in [0, 0.05) is 17.2 Å². The van der Waals surface area contributed by atoms with Gasteiger partial charge in [-0.3, -0.25) is 14.9 Å². The number of hydrogen-bond donors (Lipinski definition) is 1. The Bertz CT molecular complexity index is 905. The molecule has 0 saturated carbocycles. The van der Waals surface area contributed by atoms with Crippen LogP contribution in [0.5, 0.6) is 5.75 Å². The number of nitro groups is 1. The number of nitrogens with zero attached hydrogens (tertiary/aromatic N) is 1. The fraction of sp³-hybridized carbons (Fsp3) is 0.176. The molecule has 2 rings (SSSR count). The van der Waals surface area contributed by atoms with E-state index in [-0.39, 0.29) is 22.1 Å². The van der Waals surface area contributed by atoms with Crippen LogP contribution in [0.2, 0.25) is 5.02 Å². The number of amides is 1. The number of nitro benzene ring substituents is 1. The van der Waals surface area contributed by atoms with Gasteiger partial charge in [-0.05, 0) is 31.2 Å². The van der Waals surface area contributed by atoms with Crippen molar-refractivity contribution in [2.24, 2.45) is 0 Å². The largest absolute Gasteiger partial charge is 0.495 e. The molecule has 0 bridgehead atoms. The van der Waals surface area contributed by atoms with Crippen LogP contribution in [-0.2, 0) is 9.53 Å². The van der Waals surface area contributed by atoms with Gasteiger partial charge in [-0.1, -0.05) is 11.6 Å². The van der Waals surface area contributed by atoms with Crippen molar-refractivity contribution in [1.29, 1.82) is 0 Å². The molecule has 0 spiro atoms. The highest BCUT2D eigenvalue weighted by Gasteiger charge is 2.23. The number of esters is 1. The number of ether oxygens (including phenoxy) is 2. The quantitative estimate of drug-likeness (QED) is 0.454. The van der Waals surface area contributed by atoms with Crippen LogP contribution in [0.4, 0.5) is 15.8 Å². The summed E-state index contributed by atoms with van der Waals surface area (Å²) in [6.45, 7) is 1.26. The SMILES string of the molecule is COc1ccc([N+](=O)[O-])cc1NC(=O)[C@H](C)OC(=O)c1cc(Cl)ccc1F. The Morgan fingerprint density at radius 2 is 1.96 bits per heavy atom. The topological polar surface area (TPSA) is 108 Å². The van der Waals surface area contributed by atoms with Crippen molar-refractivity contribution in [3.8, 4) is 5.75 Å². The predicted molar refractivity (Wildman–Crippen MR) is 94.6 cm³/mol. The third kappa shape index (κ3) is 4.91. The van der Waals surface area contributed by atoms with Crippen molar-refractivity contribution in [3.05, 3.63) is 62.9 Å². The summed E-state index contributed by atoms with van der Waals surface area (Å²) in [5.41, 5.74) is -0.666. The van der Waals surface area contributed by atoms with Gasteiger partial charge in [0.15, 0.2) is 6.10 Å². The fourth-order valence-corrected chi connectivity index (χ4v) is 2.25. The highest BCUT2D eigenvalue weighted by atomic mass is 35.5. The molecule has 0 aromatic heterocycles. The summed E-state index contributed by atoms with van der Waals surface area (Å²) in [6, 6.07) is 6.96. The predicted octanol–water partition coefficient (Wildman–Crippen LogP) is 3.58. The second kappa shape index (κ2) is 8.45. The minimum atomic E-state index is -1.32. The average Bonchev–Trinajstić information content (AvgIpc) is 2.63. The van der Waals surface area contributed by atoms with Crippen molar-refractivity contribution in [1.82, 2.24) is 0 Å². The number of methoxy groups -OCH3 is 1. The molecular formula is C17H14ClFN2O6. The Morgan fingerprint density at radius 1 is 1.26 bits per heavy atom. The normalized spacial score (nSPS) is 11.4. The third-order valence-electron chi connectivity index (χ3n) is 3.45. The molecular weight excluding hydrogens is 383 g/mol. The molecule has 8 nitrogen and oxygen atoms in total. The van der Waals surface area contributed by atoms with Crippen LogP contribution in [0.3, 0.4) is 0 Å². The second-order valence-electron chi connectivity index (χ2n) is 5.30. The molecule has 2 aromatic carbocycles. The fourth-order valence-electron chi connectivity index (χ4n) is 2.07. The van der Waals surface area contributed by atoms with Gasteiger partial charge in [0.25, 0.3) is 11.6 Å². The zero-order valence-corrected chi connectivity index (χ0v) is 15.0. The minimum absolute atomic E-state index is 0.0218. The Labute approximate surface area is 158 Å². The molecule has 2 aromatic rings. The van der Waals surface area contributed by atoms with Crippen molar-refractivity contribution in [2.45, 2.75) is 13.0 Å². The van der Waals surface area contributed by atoms with E-state index < -0.39 is 34.3 Å². The smallest absolute Gasteiger partial charge is 0.341 e. The maximum absolute atomic E-state index is 13.7. The van der Waals surface area contributed by atoms with E-state index in [0.717, 1.165) is 18.2 Å². The molecule has 0 heterocycles. The summed E-state index contributed by atoms with van der Waals surface area (Å²) in [7, 11) is 1.32. The summed E-state index contributed by atoms with van der Waals surface area (Å²) < 4.78 is 23.7. The first-order chi connectivity index (χ1) is 12.7. The van der Waals surface area contributed by atoms with Crippen LogP contribution < -0.4 is 10.1 Å². The summed E-state index contributed by atoms with van der Waals surface area (Å²) in [5, 5.41) is 13.4. The first-order valence-corrected chi connectivity index (χ1v) is 7.90. The molecule has 10 heteroatoms. The Morgan fingerprint density at radius 3 is 2.59 bits per heavy atom. The molecule has 142 valence electrons. The third-order valence-corrected chi connectivity index (χ3v) is 3.69. The second-order valence-corrected chi connectivity index (χ2v) is 5.74. The molecule has 0 aliphatic heterocycles. The van der Waals surface area contributed by atoms with Gasteiger partial charge < -0.3 is 14.8 Å². The van der Waals surface area contributed by atoms with Gasteiger partial charge in [-0.2, -0.15) is 0 Å². The number of halogens is 2. The lowest BCUT2D eigenvalue weighted by Gasteiger charge is -2.15. The van der Waals surface area contributed by atoms with E-state index in [4.69, 9.17) is 21.1 Å². The van der Waals surface area contributed by atoms with Crippen molar-refractivity contribution in [3.63, 3.8) is 0 Å². The molecule has 0 unspecified atom stereocenters. The molecule has 1 amide bonds. The number of anilines is 1. The Hall–Kier alpha value is -3.20. The molecule has 1 N–H and O–H groups in total. The van der Waals surface area contributed by atoms with E-state index in [1.807, 2.05) is 0 Å². The van der Waals surface area contributed by atoms with E-state index in [0.29, 0.717) is 0 Å². The molecule has 0 aliphatic carbocycles. The summed E-state index contributed by atoms with van der Waals surface area (Å²) >= 11 is 5.72. The Kier molecular flexibility index (Phi) is 6.30. The zero-order chi connectivity index (χ0) is 20.1. The number of carbonyl (C=O) groups excluding carboxylic acids is 2. The monoisotopic (exact) mass is 396 g/mol. The van der Waals surface area contributed by atoms with Gasteiger partial charge in [0.05, 0.1) is 23.3 Å². The molecule has 0 saturated heterocycles. The first kappa shape index (κ1) is 20.1. The van der Waals surface area contributed by atoms with Gasteiger partial charge in [0.2, 0.25) is 0 Å². The van der Waals surface area contributed by atoms with E-state index in [9.17, 15) is 24.1 Å². The van der Waals surface area contributed by atoms with Crippen LogP contribution in [-0.4, -0.2) is 30.0 Å². The molecule has 1 atom stereocenters. The number of carbonyl (C=O) groups is 2. The van der Waals surface area contributed by atoms with E-state index in [2.05, 4.69) is 5.32 Å². The molecule has 0 aliphatic rings. The zero-order valence-electron chi connectivity index (χ0n) is 14.2. The minimum Gasteiger partial charge on any atom is -0.495 e.